The lowest BCUT2D eigenvalue weighted by atomic mass is 10.1. The summed E-state index contributed by atoms with van der Waals surface area (Å²) in [6.07, 6.45) is 3.99. The number of anilines is 1. The molecule has 0 aliphatic heterocycles. The van der Waals surface area contributed by atoms with Crippen LogP contribution in [0.15, 0.2) is 42.5 Å². The van der Waals surface area contributed by atoms with E-state index in [1.807, 2.05) is 27.1 Å². The molecule has 3 aromatic rings. The zero-order valence-corrected chi connectivity index (χ0v) is 20.2. The highest BCUT2D eigenvalue weighted by Gasteiger charge is 2.18. The van der Waals surface area contributed by atoms with Gasteiger partial charge in [-0.2, -0.15) is 0 Å². The average Bonchev–Trinajstić information content (AvgIpc) is 3.13. The number of carbonyl (C=O) groups is 1. The fourth-order valence-electron chi connectivity index (χ4n) is 3.29. The van der Waals surface area contributed by atoms with E-state index in [0.29, 0.717) is 11.7 Å². The number of carbonyl (C=O) groups excluding carboxylic acids is 1. The first kappa shape index (κ1) is 25.5. The van der Waals surface area contributed by atoms with Crippen molar-refractivity contribution in [2.24, 2.45) is 0 Å². The van der Waals surface area contributed by atoms with Crippen LogP contribution in [0.3, 0.4) is 0 Å². The Hall–Kier alpha value is -2.81. The van der Waals surface area contributed by atoms with E-state index < -0.39 is 4.92 Å². The summed E-state index contributed by atoms with van der Waals surface area (Å²) in [5, 5.41) is 11.5. The molecule has 0 radical (unpaired) electrons. The molecule has 0 saturated carbocycles. The summed E-state index contributed by atoms with van der Waals surface area (Å²) in [7, 11) is 4.01. The Morgan fingerprint density at radius 3 is 2.47 bits per heavy atom. The van der Waals surface area contributed by atoms with Gasteiger partial charge >= 0.3 is 0 Å². The minimum absolute atomic E-state index is 0. The largest absolute Gasteiger partial charge is 0.309 e. The normalized spacial score (nSPS) is 11.2. The van der Waals surface area contributed by atoms with Crippen LogP contribution in [0.2, 0.25) is 0 Å². The molecule has 0 aliphatic rings. The van der Waals surface area contributed by atoms with Gasteiger partial charge in [-0.15, -0.1) is 12.4 Å². The van der Waals surface area contributed by atoms with Crippen LogP contribution in [-0.2, 0) is 4.79 Å². The molecule has 32 heavy (non-hydrogen) atoms. The van der Waals surface area contributed by atoms with Crippen LogP contribution in [0, 0.1) is 24.0 Å². The maximum Gasteiger partial charge on any atom is 0.269 e. The standard InChI is InChI=1S/C23H26N4O3S.ClH/c1-16-14-17(2)22-20(15-16)24-23(31-22)26(13-5-12-25(3)4)21(28)11-8-18-6-9-19(10-7-18)27(29)30;/h6-11,14-15H,5,12-13H2,1-4H3;1H. The first-order valence-corrected chi connectivity index (χ1v) is 10.8. The lowest BCUT2D eigenvalue weighted by Crippen LogP contribution is -2.32. The molecule has 0 saturated heterocycles. The average molecular weight is 475 g/mol. The number of halogens is 1. The molecule has 0 N–H and O–H groups in total. The van der Waals surface area contributed by atoms with Crippen LogP contribution >= 0.6 is 23.7 Å². The number of benzene rings is 2. The predicted molar refractivity (Wildman–Crippen MR) is 134 cm³/mol. The van der Waals surface area contributed by atoms with Crippen molar-refractivity contribution in [1.29, 1.82) is 0 Å². The third-order valence-corrected chi connectivity index (χ3v) is 6.04. The van der Waals surface area contributed by atoms with Gasteiger partial charge in [-0.1, -0.05) is 17.4 Å². The molecule has 0 unspecified atom stereocenters. The second-order valence-corrected chi connectivity index (χ2v) is 8.73. The Balaban J connectivity index is 0.00000363. The van der Waals surface area contributed by atoms with Gasteiger partial charge in [0, 0.05) is 24.8 Å². The number of aryl methyl sites for hydroxylation is 2. The molecule has 0 bridgehead atoms. The highest BCUT2D eigenvalue weighted by molar-refractivity contribution is 7.22. The number of nitro groups is 1. The quantitative estimate of drug-likeness (QED) is 0.253. The van der Waals surface area contributed by atoms with E-state index in [4.69, 9.17) is 4.98 Å². The molecular weight excluding hydrogens is 448 g/mol. The molecule has 1 heterocycles. The third-order valence-electron chi connectivity index (χ3n) is 4.82. The highest BCUT2D eigenvalue weighted by atomic mass is 35.5. The number of hydrogen-bond acceptors (Lipinski definition) is 6. The minimum Gasteiger partial charge on any atom is -0.309 e. The lowest BCUT2D eigenvalue weighted by Gasteiger charge is -2.19. The van der Waals surface area contributed by atoms with E-state index in [0.717, 1.165) is 39.9 Å². The number of non-ortho nitro benzene ring substituents is 1. The molecule has 0 spiro atoms. The summed E-state index contributed by atoms with van der Waals surface area (Å²) in [6.45, 7) is 5.51. The van der Waals surface area contributed by atoms with Gasteiger partial charge in [-0.05, 0) is 81.9 Å². The van der Waals surface area contributed by atoms with E-state index in [1.54, 1.807) is 23.1 Å². The van der Waals surface area contributed by atoms with E-state index >= 15 is 0 Å². The monoisotopic (exact) mass is 474 g/mol. The Morgan fingerprint density at radius 1 is 1.16 bits per heavy atom. The number of amides is 1. The molecule has 0 atom stereocenters. The van der Waals surface area contributed by atoms with Gasteiger partial charge in [-0.3, -0.25) is 19.8 Å². The summed E-state index contributed by atoms with van der Waals surface area (Å²) in [5.41, 5.74) is 3.95. The molecule has 7 nitrogen and oxygen atoms in total. The zero-order valence-electron chi connectivity index (χ0n) is 18.6. The van der Waals surface area contributed by atoms with Crippen molar-refractivity contribution in [2.45, 2.75) is 20.3 Å². The molecule has 1 amide bonds. The van der Waals surface area contributed by atoms with Crippen LogP contribution in [0.25, 0.3) is 16.3 Å². The number of rotatable bonds is 8. The molecule has 0 fully saturated rings. The Morgan fingerprint density at radius 2 is 1.84 bits per heavy atom. The molecule has 170 valence electrons. The van der Waals surface area contributed by atoms with Crippen LogP contribution in [-0.4, -0.2) is 47.9 Å². The number of hydrogen-bond donors (Lipinski definition) is 0. The van der Waals surface area contributed by atoms with Gasteiger partial charge in [0.2, 0.25) is 0 Å². The van der Waals surface area contributed by atoms with Crippen molar-refractivity contribution < 1.29 is 9.72 Å². The van der Waals surface area contributed by atoms with Crippen LogP contribution in [0.4, 0.5) is 10.8 Å². The maximum atomic E-state index is 13.1. The van der Waals surface area contributed by atoms with Crippen LogP contribution in [0.5, 0.6) is 0 Å². The Labute approximate surface area is 197 Å². The summed E-state index contributed by atoms with van der Waals surface area (Å²) < 4.78 is 1.09. The summed E-state index contributed by atoms with van der Waals surface area (Å²) in [5.74, 6) is -0.162. The number of nitro benzene ring substituents is 1. The molecule has 3 rings (SSSR count). The van der Waals surface area contributed by atoms with Crippen molar-refractivity contribution in [3.05, 3.63) is 69.3 Å². The summed E-state index contributed by atoms with van der Waals surface area (Å²) >= 11 is 1.53. The number of fused-ring (bicyclic) bond motifs is 1. The molecule has 2 aromatic carbocycles. The lowest BCUT2D eigenvalue weighted by molar-refractivity contribution is -0.384. The van der Waals surface area contributed by atoms with E-state index in [-0.39, 0.29) is 24.0 Å². The SMILES string of the molecule is Cc1cc(C)c2sc(N(CCCN(C)C)C(=O)C=Cc3ccc([N+](=O)[O-])cc3)nc2c1.Cl. The first-order chi connectivity index (χ1) is 14.7. The number of thiazole rings is 1. The number of aromatic nitrogens is 1. The van der Waals surface area contributed by atoms with Crippen molar-refractivity contribution in [3.8, 4) is 0 Å². The van der Waals surface area contributed by atoms with Gasteiger partial charge in [-0.25, -0.2) is 4.98 Å². The Bertz CT molecular complexity index is 1130. The third kappa shape index (κ3) is 6.35. The van der Waals surface area contributed by atoms with Crippen LogP contribution in [0.1, 0.15) is 23.1 Å². The highest BCUT2D eigenvalue weighted by Crippen LogP contribution is 2.32. The molecule has 9 heteroatoms. The number of nitrogens with zero attached hydrogens (tertiary/aromatic N) is 4. The van der Waals surface area contributed by atoms with Gasteiger partial charge in [0.15, 0.2) is 5.13 Å². The second kappa shape index (κ2) is 11.2. The first-order valence-electron chi connectivity index (χ1n) is 10.0. The van der Waals surface area contributed by atoms with Gasteiger partial charge in [0.1, 0.15) is 0 Å². The summed E-state index contributed by atoms with van der Waals surface area (Å²) in [6, 6.07) is 10.3. The maximum absolute atomic E-state index is 13.1. The molecular formula is C23H27ClN4O3S. The van der Waals surface area contributed by atoms with Crippen LogP contribution < -0.4 is 4.90 Å². The van der Waals surface area contributed by atoms with Crippen molar-refractivity contribution in [3.63, 3.8) is 0 Å². The van der Waals surface area contributed by atoms with Gasteiger partial charge in [0.05, 0.1) is 15.1 Å². The van der Waals surface area contributed by atoms with Crippen molar-refractivity contribution >= 4 is 56.8 Å². The summed E-state index contributed by atoms with van der Waals surface area (Å²) in [4.78, 5) is 32.0. The topological polar surface area (TPSA) is 79.6 Å². The minimum atomic E-state index is -0.442. The zero-order chi connectivity index (χ0) is 22.5. The van der Waals surface area contributed by atoms with Crippen molar-refractivity contribution in [2.75, 3.05) is 32.1 Å². The predicted octanol–water partition coefficient (Wildman–Crippen LogP) is 5.24. The van der Waals surface area contributed by atoms with Gasteiger partial charge < -0.3 is 4.90 Å². The smallest absolute Gasteiger partial charge is 0.269 e. The van der Waals surface area contributed by atoms with Crippen molar-refractivity contribution in [1.82, 2.24) is 9.88 Å². The Kier molecular flexibility index (Phi) is 8.89. The van der Waals surface area contributed by atoms with E-state index in [1.165, 1.54) is 29.5 Å². The second-order valence-electron chi connectivity index (χ2n) is 7.76. The molecule has 1 aromatic heterocycles. The van der Waals surface area contributed by atoms with E-state index in [9.17, 15) is 14.9 Å². The molecule has 0 aliphatic carbocycles. The fourth-order valence-corrected chi connectivity index (χ4v) is 4.34. The van der Waals surface area contributed by atoms with Gasteiger partial charge in [0.25, 0.3) is 11.6 Å². The fraction of sp³-hybridized carbons (Fsp3) is 0.304. The van der Waals surface area contributed by atoms with E-state index in [2.05, 4.69) is 17.9 Å².